The molecule has 0 bridgehead atoms. The number of fused-ring (bicyclic) bond motifs is 1. The van der Waals surface area contributed by atoms with E-state index in [1.807, 2.05) is 19.9 Å². The molecule has 0 radical (unpaired) electrons. The van der Waals surface area contributed by atoms with Crippen LogP contribution in [0.5, 0.6) is 11.5 Å². The van der Waals surface area contributed by atoms with Crippen LogP contribution in [0.15, 0.2) is 36.4 Å². The second-order valence-corrected chi connectivity index (χ2v) is 5.64. The molecule has 0 aromatic heterocycles. The van der Waals surface area contributed by atoms with Crippen molar-refractivity contribution in [1.29, 1.82) is 0 Å². The predicted octanol–water partition coefficient (Wildman–Crippen LogP) is 2.15. The van der Waals surface area contributed by atoms with Gasteiger partial charge in [-0.3, -0.25) is 20.4 Å². The first kappa shape index (κ1) is 15.9. The molecule has 2 amide bonds. The number of benzene rings is 2. The first-order valence-corrected chi connectivity index (χ1v) is 7.61. The molecule has 24 heavy (non-hydrogen) atoms. The number of carbonyl (C=O) groups is 2. The Morgan fingerprint density at radius 3 is 2.04 bits per heavy atom. The zero-order valence-electron chi connectivity index (χ0n) is 13.5. The zero-order valence-corrected chi connectivity index (χ0v) is 13.5. The van der Waals surface area contributed by atoms with Crippen molar-refractivity contribution in [3.8, 4) is 11.5 Å². The third kappa shape index (κ3) is 3.48. The van der Waals surface area contributed by atoms with Crippen LogP contribution < -0.4 is 20.3 Å². The highest BCUT2D eigenvalue weighted by Crippen LogP contribution is 2.30. The molecule has 124 valence electrons. The van der Waals surface area contributed by atoms with Gasteiger partial charge in [0.1, 0.15) is 13.2 Å². The van der Waals surface area contributed by atoms with E-state index in [2.05, 4.69) is 10.9 Å². The van der Waals surface area contributed by atoms with Crippen LogP contribution >= 0.6 is 0 Å². The van der Waals surface area contributed by atoms with Crippen molar-refractivity contribution >= 4 is 11.8 Å². The van der Waals surface area contributed by atoms with Crippen molar-refractivity contribution < 1.29 is 19.1 Å². The molecule has 2 aromatic carbocycles. The molecule has 6 heteroatoms. The van der Waals surface area contributed by atoms with Gasteiger partial charge in [-0.2, -0.15) is 0 Å². The standard InChI is InChI=1S/C18H18N2O4/c1-11-7-12(2)9-14(8-11)18(22)20-19-17(21)13-3-4-15-16(10-13)24-6-5-23-15/h3-4,7-10H,5-6H2,1-2H3,(H,19,21)(H,20,22). The van der Waals surface area contributed by atoms with Crippen LogP contribution in [0.1, 0.15) is 31.8 Å². The van der Waals surface area contributed by atoms with E-state index in [9.17, 15) is 9.59 Å². The van der Waals surface area contributed by atoms with E-state index in [0.717, 1.165) is 11.1 Å². The third-order valence-corrected chi connectivity index (χ3v) is 3.58. The molecule has 0 saturated heterocycles. The summed E-state index contributed by atoms with van der Waals surface area (Å²) in [5, 5.41) is 0. The van der Waals surface area contributed by atoms with Crippen LogP contribution in [0.3, 0.4) is 0 Å². The van der Waals surface area contributed by atoms with Gasteiger partial charge >= 0.3 is 0 Å². The fourth-order valence-electron chi connectivity index (χ4n) is 2.55. The molecule has 0 spiro atoms. The number of rotatable bonds is 2. The second-order valence-electron chi connectivity index (χ2n) is 5.64. The highest BCUT2D eigenvalue weighted by Gasteiger charge is 2.15. The fourth-order valence-corrected chi connectivity index (χ4v) is 2.55. The Hall–Kier alpha value is -3.02. The van der Waals surface area contributed by atoms with Crippen LogP contribution in [0.2, 0.25) is 0 Å². The van der Waals surface area contributed by atoms with Crippen molar-refractivity contribution in [3.63, 3.8) is 0 Å². The molecule has 0 aliphatic carbocycles. The van der Waals surface area contributed by atoms with Crippen LogP contribution in [0.4, 0.5) is 0 Å². The minimum atomic E-state index is -0.426. The van der Waals surface area contributed by atoms with Crippen molar-refractivity contribution in [2.24, 2.45) is 0 Å². The molecule has 1 aliphatic heterocycles. The highest BCUT2D eigenvalue weighted by atomic mass is 16.6. The maximum atomic E-state index is 12.2. The lowest BCUT2D eigenvalue weighted by atomic mass is 10.1. The molecular formula is C18H18N2O4. The van der Waals surface area contributed by atoms with Gasteiger partial charge in [-0.1, -0.05) is 17.2 Å². The van der Waals surface area contributed by atoms with Crippen molar-refractivity contribution in [2.45, 2.75) is 13.8 Å². The monoisotopic (exact) mass is 326 g/mol. The van der Waals surface area contributed by atoms with Crippen molar-refractivity contribution in [2.75, 3.05) is 13.2 Å². The van der Waals surface area contributed by atoms with E-state index >= 15 is 0 Å². The smallest absolute Gasteiger partial charge is 0.269 e. The number of amides is 2. The molecule has 3 rings (SSSR count). The number of hydrogen-bond acceptors (Lipinski definition) is 4. The quantitative estimate of drug-likeness (QED) is 0.829. The van der Waals surface area contributed by atoms with Crippen LogP contribution in [0.25, 0.3) is 0 Å². The molecule has 0 atom stereocenters. The topological polar surface area (TPSA) is 76.7 Å². The SMILES string of the molecule is Cc1cc(C)cc(C(=O)NNC(=O)c2ccc3c(c2)OCCO3)c1. The van der Waals surface area contributed by atoms with E-state index in [0.29, 0.717) is 35.8 Å². The van der Waals surface area contributed by atoms with E-state index in [1.54, 1.807) is 30.3 Å². The van der Waals surface area contributed by atoms with Gasteiger partial charge in [0.2, 0.25) is 0 Å². The molecule has 2 aromatic rings. The molecule has 0 fully saturated rings. The minimum absolute atomic E-state index is 0.368. The first-order chi connectivity index (χ1) is 11.5. The van der Waals surface area contributed by atoms with E-state index in [-0.39, 0.29) is 5.91 Å². The lowest BCUT2D eigenvalue weighted by Crippen LogP contribution is -2.41. The van der Waals surface area contributed by atoms with Gasteiger partial charge in [-0.25, -0.2) is 0 Å². The Bertz CT molecular complexity index is 781. The van der Waals surface area contributed by atoms with Gasteiger partial charge in [-0.15, -0.1) is 0 Å². The van der Waals surface area contributed by atoms with E-state index < -0.39 is 5.91 Å². The molecule has 0 unspecified atom stereocenters. The van der Waals surface area contributed by atoms with Gasteiger partial charge in [-0.05, 0) is 44.2 Å². The Balaban J connectivity index is 1.66. The Kier molecular flexibility index (Phi) is 4.37. The number of hydrogen-bond donors (Lipinski definition) is 2. The number of carbonyl (C=O) groups excluding carboxylic acids is 2. The summed E-state index contributed by atoms with van der Waals surface area (Å²) in [6, 6.07) is 10.4. The Labute approximate surface area is 139 Å². The highest BCUT2D eigenvalue weighted by molar-refractivity contribution is 5.99. The molecule has 1 aliphatic rings. The maximum absolute atomic E-state index is 12.2. The summed E-state index contributed by atoms with van der Waals surface area (Å²) in [5.74, 6) is 0.337. The molecular weight excluding hydrogens is 308 g/mol. The molecule has 1 heterocycles. The molecule has 2 N–H and O–H groups in total. The zero-order chi connectivity index (χ0) is 17.1. The largest absolute Gasteiger partial charge is 0.486 e. The fraction of sp³-hybridized carbons (Fsp3) is 0.222. The van der Waals surface area contributed by atoms with E-state index in [4.69, 9.17) is 9.47 Å². The Morgan fingerprint density at radius 2 is 1.38 bits per heavy atom. The van der Waals surface area contributed by atoms with Gasteiger partial charge in [0.15, 0.2) is 11.5 Å². The first-order valence-electron chi connectivity index (χ1n) is 7.61. The van der Waals surface area contributed by atoms with Crippen LogP contribution in [0, 0.1) is 13.8 Å². The van der Waals surface area contributed by atoms with Crippen molar-refractivity contribution in [3.05, 3.63) is 58.7 Å². The van der Waals surface area contributed by atoms with Crippen molar-refractivity contribution in [1.82, 2.24) is 10.9 Å². The predicted molar refractivity (Wildman–Crippen MR) is 88.3 cm³/mol. The Morgan fingerprint density at radius 1 is 0.792 bits per heavy atom. The number of ether oxygens (including phenoxy) is 2. The summed E-state index contributed by atoms with van der Waals surface area (Å²) in [6.45, 7) is 4.77. The normalized spacial score (nSPS) is 12.4. The van der Waals surface area contributed by atoms with Gasteiger partial charge < -0.3 is 9.47 Å². The second kappa shape index (κ2) is 6.62. The summed E-state index contributed by atoms with van der Waals surface area (Å²) >= 11 is 0. The number of hydrazine groups is 1. The summed E-state index contributed by atoms with van der Waals surface area (Å²) in [4.78, 5) is 24.3. The summed E-state index contributed by atoms with van der Waals surface area (Å²) in [7, 11) is 0. The van der Waals surface area contributed by atoms with E-state index in [1.165, 1.54) is 0 Å². The average Bonchev–Trinajstić information content (AvgIpc) is 2.58. The molecule has 0 saturated carbocycles. The van der Waals surface area contributed by atoms with Gasteiger partial charge in [0.05, 0.1) is 0 Å². The number of aryl methyl sites for hydroxylation is 2. The maximum Gasteiger partial charge on any atom is 0.269 e. The average molecular weight is 326 g/mol. The third-order valence-electron chi connectivity index (χ3n) is 3.58. The van der Waals surface area contributed by atoms with Crippen LogP contribution in [-0.2, 0) is 0 Å². The minimum Gasteiger partial charge on any atom is -0.486 e. The number of nitrogens with one attached hydrogen (secondary N) is 2. The molecule has 6 nitrogen and oxygen atoms in total. The summed E-state index contributed by atoms with van der Waals surface area (Å²) < 4.78 is 10.9. The summed E-state index contributed by atoms with van der Waals surface area (Å²) in [6.07, 6.45) is 0. The van der Waals surface area contributed by atoms with Gasteiger partial charge in [0.25, 0.3) is 11.8 Å². The lowest BCUT2D eigenvalue weighted by molar-refractivity contribution is 0.0846. The summed E-state index contributed by atoms with van der Waals surface area (Å²) in [5.41, 5.74) is 7.67. The van der Waals surface area contributed by atoms with Crippen LogP contribution in [-0.4, -0.2) is 25.0 Å². The van der Waals surface area contributed by atoms with Gasteiger partial charge in [0, 0.05) is 11.1 Å². The lowest BCUT2D eigenvalue weighted by Gasteiger charge is -2.18.